The van der Waals surface area contributed by atoms with E-state index in [1.54, 1.807) is 0 Å². The van der Waals surface area contributed by atoms with Crippen molar-refractivity contribution in [1.29, 1.82) is 5.26 Å². The number of nitro benzene ring substituents is 1. The van der Waals surface area contributed by atoms with Crippen LogP contribution in [0.4, 0.5) is 11.4 Å². The van der Waals surface area contributed by atoms with Crippen LogP contribution in [0.1, 0.15) is 15.9 Å². The van der Waals surface area contributed by atoms with Gasteiger partial charge in [0.1, 0.15) is 5.69 Å². The Labute approximate surface area is 136 Å². The zero-order chi connectivity index (χ0) is 17.5. The van der Waals surface area contributed by atoms with Gasteiger partial charge in [-0.1, -0.05) is 12.1 Å². The van der Waals surface area contributed by atoms with Gasteiger partial charge in [-0.25, -0.2) is 4.79 Å². The smallest absolute Gasteiger partial charge is 0.338 e. The second-order valence-corrected chi connectivity index (χ2v) is 4.59. The lowest BCUT2D eigenvalue weighted by atomic mass is 10.1. The molecule has 0 saturated carbocycles. The van der Waals surface area contributed by atoms with Crippen LogP contribution in [0.3, 0.4) is 0 Å². The highest BCUT2D eigenvalue weighted by molar-refractivity contribution is 5.96. The average Bonchev–Trinajstić information content (AvgIpc) is 2.60. The van der Waals surface area contributed by atoms with Gasteiger partial charge in [-0.05, 0) is 30.3 Å². The van der Waals surface area contributed by atoms with Crippen molar-refractivity contribution in [2.45, 2.75) is 0 Å². The third kappa shape index (κ3) is 4.14. The summed E-state index contributed by atoms with van der Waals surface area (Å²) in [5.74, 6) is -1.44. The van der Waals surface area contributed by atoms with E-state index >= 15 is 0 Å². The Morgan fingerprint density at radius 2 is 1.83 bits per heavy atom. The first kappa shape index (κ1) is 16.6. The average molecular weight is 325 g/mol. The molecule has 120 valence electrons. The van der Waals surface area contributed by atoms with Crippen molar-refractivity contribution in [1.82, 2.24) is 0 Å². The van der Waals surface area contributed by atoms with Gasteiger partial charge >= 0.3 is 5.97 Å². The van der Waals surface area contributed by atoms with Gasteiger partial charge in [-0.3, -0.25) is 14.9 Å². The van der Waals surface area contributed by atoms with Gasteiger partial charge in [-0.15, -0.1) is 0 Å². The summed E-state index contributed by atoms with van der Waals surface area (Å²) in [7, 11) is 0. The summed E-state index contributed by atoms with van der Waals surface area (Å²) >= 11 is 0. The van der Waals surface area contributed by atoms with Gasteiger partial charge in [-0.2, -0.15) is 5.26 Å². The molecular weight excluding hydrogens is 314 g/mol. The fraction of sp³-hybridized carbons (Fsp3) is 0.0625. The number of amides is 1. The van der Waals surface area contributed by atoms with E-state index in [1.807, 2.05) is 6.07 Å². The summed E-state index contributed by atoms with van der Waals surface area (Å²) in [4.78, 5) is 33.8. The van der Waals surface area contributed by atoms with Crippen LogP contribution >= 0.6 is 0 Å². The second kappa shape index (κ2) is 7.51. The number of ether oxygens (including phenoxy) is 1. The topological polar surface area (TPSA) is 122 Å². The van der Waals surface area contributed by atoms with Crippen molar-refractivity contribution in [2.24, 2.45) is 0 Å². The molecule has 0 saturated heterocycles. The van der Waals surface area contributed by atoms with Gasteiger partial charge < -0.3 is 10.1 Å². The fourth-order valence-electron chi connectivity index (χ4n) is 1.82. The summed E-state index contributed by atoms with van der Waals surface area (Å²) in [5, 5.41) is 21.8. The molecule has 0 radical (unpaired) electrons. The molecule has 0 atom stereocenters. The maximum absolute atomic E-state index is 11.8. The quantitative estimate of drug-likeness (QED) is 0.511. The van der Waals surface area contributed by atoms with Crippen LogP contribution in [-0.2, 0) is 9.53 Å². The lowest BCUT2D eigenvalue weighted by molar-refractivity contribution is -0.383. The predicted octanol–water partition coefficient (Wildman–Crippen LogP) is 2.26. The minimum Gasteiger partial charge on any atom is -0.452 e. The zero-order valence-electron chi connectivity index (χ0n) is 12.3. The molecule has 0 aromatic heterocycles. The molecule has 1 N–H and O–H groups in total. The Morgan fingerprint density at radius 1 is 1.17 bits per heavy atom. The number of para-hydroxylation sites is 2. The van der Waals surface area contributed by atoms with Gasteiger partial charge in [0, 0.05) is 6.07 Å². The molecule has 2 aromatic carbocycles. The lowest BCUT2D eigenvalue weighted by Crippen LogP contribution is -2.21. The second-order valence-electron chi connectivity index (χ2n) is 4.59. The molecule has 24 heavy (non-hydrogen) atoms. The molecule has 0 fully saturated rings. The largest absolute Gasteiger partial charge is 0.452 e. The number of hydrogen-bond acceptors (Lipinski definition) is 6. The molecule has 0 aliphatic heterocycles. The van der Waals surface area contributed by atoms with Crippen molar-refractivity contribution in [3.8, 4) is 6.07 Å². The Hall–Kier alpha value is -3.73. The van der Waals surface area contributed by atoms with E-state index in [4.69, 9.17) is 10.00 Å². The molecule has 1 amide bonds. The van der Waals surface area contributed by atoms with Crippen LogP contribution in [0.15, 0.2) is 48.5 Å². The van der Waals surface area contributed by atoms with Crippen molar-refractivity contribution in [2.75, 3.05) is 11.9 Å². The van der Waals surface area contributed by atoms with Crippen LogP contribution in [0.5, 0.6) is 0 Å². The van der Waals surface area contributed by atoms with Crippen LogP contribution in [0.25, 0.3) is 0 Å². The lowest BCUT2D eigenvalue weighted by Gasteiger charge is -2.07. The van der Waals surface area contributed by atoms with E-state index in [0.717, 1.165) is 0 Å². The molecule has 8 nitrogen and oxygen atoms in total. The third-order valence-electron chi connectivity index (χ3n) is 2.96. The van der Waals surface area contributed by atoms with Crippen LogP contribution in [-0.4, -0.2) is 23.4 Å². The van der Waals surface area contributed by atoms with Crippen LogP contribution in [0.2, 0.25) is 0 Å². The van der Waals surface area contributed by atoms with E-state index in [1.165, 1.54) is 48.5 Å². The number of nitrogens with zero attached hydrogens (tertiary/aromatic N) is 2. The molecule has 2 rings (SSSR count). The van der Waals surface area contributed by atoms with Gasteiger partial charge in [0.15, 0.2) is 6.61 Å². The Kier molecular flexibility index (Phi) is 5.20. The first-order valence-corrected chi connectivity index (χ1v) is 6.72. The highest BCUT2D eigenvalue weighted by Crippen LogP contribution is 2.22. The highest BCUT2D eigenvalue weighted by atomic mass is 16.6. The molecule has 0 spiro atoms. The summed E-state index contributed by atoms with van der Waals surface area (Å²) in [5.41, 5.74) is 0.333. The van der Waals surface area contributed by atoms with E-state index in [-0.39, 0.29) is 16.9 Å². The Bertz CT molecular complexity index is 824. The van der Waals surface area contributed by atoms with Crippen LogP contribution < -0.4 is 5.32 Å². The summed E-state index contributed by atoms with van der Waals surface area (Å²) in [6.07, 6.45) is 0. The molecule has 0 heterocycles. The zero-order valence-corrected chi connectivity index (χ0v) is 12.3. The fourth-order valence-corrected chi connectivity index (χ4v) is 1.82. The summed E-state index contributed by atoms with van der Waals surface area (Å²) in [6, 6.07) is 13.2. The van der Waals surface area contributed by atoms with Gasteiger partial charge in [0.2, 0.25) is 0 Å². The van der Waals surface area contributed by atoms with E-state index in [9.17, 15) is 19.7 Å². The molecular formula is C16H11N3O5. The maximum Gasteiger partial charge on any atom is 0.338 e. The minimum absolute atomic E-state index is 0.0157. The molecule has 8 heteroatoms. The number of anilines is 1. The number of benzene rings is 2. The summed E-state index contributed by atoms with van der Waals surface area (Å²) in [6.45, 7) is -0.592. The number of carbonyl (C=O) groups is 2. The maximum atomic E-state index is 11.8. The standard InChI is InChI=1S/C16H11N3O5/c17-9-11-5-7-12(8-6-11)16(21)24-10-15(20)18-13-3-1-2-4-14(13)19(22)23/h1-8H,10H2,(H,18,20). The highest BCUT2D eigenvalue weighted by Gasteiger charge is 2.16. The van der Waals surface area contributed by atoms with Crippen molar-refractivity contribution >= 4 is 23.3 Å². The molecule has 0 bridgehead atoms. The predicted molar refractivity (Wildman–Crippen MR) is 83.2 cm³/mol. The molecule has 2 aromatic rings. The number of nitro groups is 1. The third-order valence-corrected chi connectivity index (χ3v) is 2.96. The number of nitrogens with one attached hydrogen (secondary N) is 1. The van der Waals surface area contributed by atoms with Crippen molar-refractivity contribution in [3.05, 3.63) is 69.8 Å². The normalized spacial score (nSPS) is 9.62. The molecule has 0 aliphatic rings. The van der Waals surface area contributed by atoms with Gasteiger partial charge in [0.05, 0.1) is 22.1 Å². The molecule has 0 unspecified atom stereocenters. The van der Waals surface area contributed by atoms with E-state index < -0.39 is 23.4 Å². The number of esters is 1. The number of hydrogen-bond donors (Lipinski definition) is 1. The monoisotopic (exact) mass is 325 g/mol. The van der Waals surface area contributed by atoms with Crippen LogP contribution in [0, 0.1) is 21.4 Å². The summed E-state index contributed by atoms with van der Waals surface area (Å²) < 4.78 is 4.83. The van der Waals surface area contributed by atoms with E-state index in [0.29, 0.717) is 5.56 Å². The van der Waals surface area contributed by atoms with E-state index in [2.05, 4.69) is 5.32 Å². The number of nitriles is 1. The minimum atomic E-state index is -0.739. The van der Waals surface area contributed by atoms with Gasteiger partial charge in [0.25, 0.3) is 11.6 Å². The first-order valence-electron chi connectivity index (χ1n) is 6.72. The Morgan fingerprint density at radius 3 is 2.46 bits per heavy atom. The molecule has 0 aliphatic carbocycles. The SMILES string of the molecule is N#Cc1ccc(C(=O)OCC(=O)Nc2ccccc2[N+](=O)[O-])cc1. The van der Waals surface area contributed by atoms with Crippen molar-refractivity contribution in [3.63, 3.8) is 0 Å². The van der Waals surface area contributed by atoms with Crippen molar-refractivity contribution < 1.29 is 19.2 Å². The number of carbonyl (C=O) groups excluding carboxylic acids is 2. The number of rotatable bonds is 5. The Balaban J connectivity index is 1.95. The first-order chi connectivity index (χ1) is 11.5.